The minimum absolute atomic E-state index is 0.247. The lowest BCUT2D eigenvalue weighted by Gasteiger charge is -2.07. The van der Waals surface area contributed by atoms with E-state index in [0.717, 1.165) is 16.7 Å². The minimum Gasteiger partial charge on any atom is -0.365 e. The molecule has 0 aliphatic rings. The number of anilines is 1. The van der Waals surface area contributed by atoms with Crippen LogP contribution in [0.5, 0.6) is 0 Å². The molecule has 3 rings (SSSR count). The van der Waals surface area contributed by atoms with Gasteiger partial charge in [0, 0.05) is 18.1 Å². The van der Waals surface area contributed by atoms with Crippen LogP contribution in [-0.4, -0.2) is 16.1 Å². The van der Waals surface area contributed by atoms with Crippen LogP contribution in [0, 0.1) is 6.92 Å². The number of carbonyl (C=O) groups excluding carboxylic acids is 1. The van der Waals surface area contributed by atoms with Gasteiger partial charge in [0.15, 0.2) is 5.69 Å². The fourth-order valence-corrected chi connectivity index (χ4v) is 2.56. The van der Waals surface area contributed by atoms with Crippen molar-refractivity contribution in [2.45, 2.75) is 20.0 Å². The molecule has 1 aromatic heterocycles. The number of aromatic nitrogens is 2. The number of hydrogen-bond donors (Lipinski definition) is 2. The number of halogens is 1. The molecular formula is C20H19ClN4O. The molecule has 0 fully saturated rings. The van der Waals surface area contributed by atoms with E-state index in [4.69, 9.17) is 11.6 Å². The summed E-state index contributed by atoms with van der Waals surface area (Å²) < 4.78 is 0. The minimum atomic E-state index is -0.247. The number of carbonyl (C=O) groups is 1. The van der Waals surface area contributed by atoms with Crippen LogP contribution in [0.25, 0.3) is 0 Å². The van der Waals surface area contributed by atoms with E-state index in [1.54, 1.807) is 12.1 Å². The van der Waals surface area contributed by atoms with Crippen LogP contribution in [0.1, 0.15) is 27.2 Å². The topological polar surface area (TPSA) is 66.9 Å². The Morgan fingerprint density at radius 3 is 2.46 bits per heavy atom. The van der Waals surface area contributed by atoms with Crippen LogP contribution in [0.4, 0.5) is 5.82 Å². The molecule has 0 saturated carbocycles. The lowest BCUT2D eigenvalue weighted by molar-refractivity contribution is 0.0945. The molecule has 0 radical (unpaired) electrons. The van der Waals surface area contributed by atoms with Gasteiger partial charge in [-0.05, 0) is 42.3 Å². The Morgan fingerprint density at radius 2 is 1.77 bits per heavy atom. The van der Waals surface area contributed by atoms with Crippen molar-refractivity contribution in [2.24, 2.45) is 0 Å². The highest BCUT2D eigenvalue weighted by atomic mass is 35.5. The predicted octanol–water partition coefficient (Wildman–Crippen LogP) is 3.98. The molecule has 0 aliphatic heterocycles. The van der Waals surface area contributed by atoms with Crippen LogP contribution in [0.15, 0.2) is 60.7 Å². The Bertz CT molecular complexity index is 879. The number of rotatable bonds is 6. The van der Waals surface area contributed by atoms with Crippen molar-refractivity contribution in [1.29, 1.82) is 0 Å². The molecule has 1 heterocycles. The molecule has 0 unspecified atom stereocenters. The van der Waals surface area contributed by atoms with E-state index in [0.29, 0.717) is 23.9 Å². The smallest absolute Gasteiger partial charge is 0.272 e. The normalized spacial score (nSPS) is 10.4. The summed E-state index contributed by atoms with van der Waals surface area (Å²) in [6, 6.07) is 19.0. The average Bonchev–Trinajstić information content (AvgIpc) is 2.66. The van der Waals surface area contributed by atoms with E-state index in [2.05, 4.69) is 20.8 Å². The average molecular weight is 367 g/mol. The summed E-state index contributed by atoms with van der Waals surface area (Å²) in [6.07, 6.45) is 0. The van der Waals surface area contributed by atoms with Crippen molar-refractivity contribution in [1.82, 2.24) is 15.5 Å². The van der Waals surface area contributed by atoms with E-state index < -0.39 is 0 Å². The molecule has 0 saturated heterocycles. The highest BCUT2D eigenvalue weighted by Crippen LogP contribution is 2.11. The monoisotopic (exact) mass is 366 g/mol. The van der Waals surface area contributed by atoms with Gasteiger partial charge in [0.05, 0.1) is 0 Å². The zero-order valence-electron chi connectivity index (χ0n) is 14.4. The second kappa shape index (κ2) is 8.45. The maximum Gasteiger partial charge on any atom is 0.272 e. The highest BCUT2D eigenvalue weighted by molar-refractivity contribution is 6.30. The van der Waals surface area contributed by atoms with E-state index in [1.165, 1.54) is 0 Å². The molecule has 1 amide bonds. The molecule has 6 heteroatoms. The first kappa shape index (κ1) is 17.9. The molecule has 26 heavy (non-hydrogen) atoms. The maximum absolute atomic E-state index is 12.2. The number of benzene rings is 2. The summed E-state index contributed by atoms with van der Waals surface area (Å²) in [7, 11) is 0. The quantitative estimate of drug-likeness (QED) is 0.692. The third kappa shape index (κ3) is 5.04. The van der Waals surface area contributed by atoms with Gasteiger partial charge in [-0.2, -0.15) is 0 Å². The molecule has 0 bridgehead atoms. The summed E-state index contributed by atoms with van der Waals surface area (Å²) >= 11 is 5.87. The number of hydrogen-bond acceptors (Lipinski definition) is 4. The fraction of sp³-hybridized carbons (Fsp3) is 0.150. The van der Waals surface area contributed by atoms with Crippen LogP contribution < -0.4 is 10.6 Å². The lowest BCUT2D eigenvalue weighted by atomic mass is 10.1. The van der Waals surface area contributed by atoms with E-state index in [9.17, 15) is 4.79 Å². The Hall–Kier alpha value is -2.92. The number of nitrogens with zero attached hydrogens (tertiary/aromatic N) is 2. The van der Waals surface area contributed by atoms with Crippen molar-refractivity contribution in [2.75, 3.05) is 5.32 Å². The summed E-state index contributed by atoms with van der Waals surface area (Å²) in [5.74, 6) is 0.360. The number of amides is 1. The van der Waals surface area contributed by atoms with Crippen LogP contribution in [0.2, 0.25) is 5.02 Å². The molecule has 2 aromatic carbocycles. The van der Waals surface area contributed by atoms with Gasteiger partial charge in [-0.15, -0.1) is 10.2 Å². The van der Waals surface area contributed by atoms with E-state index in [1.807, 2.05) is 55.5 Å². The first-order valence-electron chi connectivity index (χ1n) is 8.26. The van der Waals surface area contributed by atoms with Gasteiger partial charge in [0.25, 0.3) is 5.91 Å². The van der Waals surface area contributed by atoms with Crippen LogP contribution >= 0.6 is 11.6 Å². The Balaban J connectivity index is 1.53. The third-order valence-corrected chi connectivity index (χ3v) is 4.07. The Kier molecular flexibility index (Phi) is 5.81. The van der Waals surface area contributed by atoms with Gasteiger partial charge >= 0.3 is 0 Å². The zero-order valence-corrected chi connectivity index (χ0v) is 15.1. The van der Waals surface area contributed by atoms with Crippen molar-refractivity contribution in [3.05, 3.63) is 88.1 Å². The third-order valence-electron chi connectivity index (χ3n) is 3.82. The maximum atomic E-state index is 12.2. The van der Waals surface area contributed by atoms with Crippen molar-refractivity contribution in [3.63, 3.8) is 0 Å². The van der Waals surface area contributed by atoms with Gasteiger partial charge in [0.2, 0.25) is 0 Å². The first-order valence-corrected chi connectivity index (χ1v) is 8.64. The molecule has 0 atom stereocenters. The van der Waals surface area contributed by atoms with Gasteiger partial charge in [-0.25, -0.2) is 0 Å². The van der Waals surface area contributed by atoms with Crippen LogP contribution in [0.3, 0.4) is 0 Å². The van der Waals surface area contributed by atoms with E-state index >= 15 is 0 Å². The second-order valence-corrected chi connectivity index (χ2v) is 6.39. The predicted molar refractivity (Wildman–Crippen MR) is 103 cm³/mol. The molecule has 0 spiro atoms. The lowest BCUT2D eigenvalue weighted by Crippen LogP contribution is -2.24. The van der Waals surface area contributed by atoms with Crippen LogP contribution in [-0.2, 0) is 13.1 Å². The van der Waals surface area contributed by atoms with E-state index in [-0.39, 0.29) is 11.6 Å². The largest absolute Gasteiger partial charge is 0.365 e. The van der Waals surface area contributed by atoms with Gasteiger partial charge in [-0.1, -0.05) is 53.6 Å². The molecule has 3 aromatic rings. The van der Waals surface area contributed by atoms with Crippen molar-refractivity contribution in [3.8, 4) is 0 Å². The first-order chi connectivity index (χ1) is 12.6. The second-order valence-electron chi connectivity index (χ2n) is 5.96. The molecule has 2 N–H and O–H groups in total. The Morgan fingerprint density at radius 1 is 0.962 bits per heavy atom. The highest BCUT2D eigenvalue weighted by Gasteiger charge is 2.08. The molecule has 5 nitrogen and oxygen atoms in total. The van der Waals surface area contributed by atoms with Crippen molar-refractivity contribution < 1.29 is 4.79 Å². The number of nitrogens with one attached hydrogen (secondary N) is 2. The Labute approximate surface area is 157 Å². The number of aryl methyl sites for hydroxylation is 1. The summed E-state index contributed by atoms with van der Waals surface area (Å²) in [5, 5.41) is 14.8. The zero-order chi connectivity index (χ0) is 18.4. The van der Waals surface area contributed by atoms with Crippen molar-refractivity contribution >= 4 is 23.3 Å². The summed E-state index contributed by atoms with van der Waals surface area (Å²) in [6.45, 7) is 3.08. The summed E-state index contributed by atoms with van der Waals surface area (Å²) in [5.41, 5.74) is 3.58. The fourth-order valence-electron chi connectivity index (χ4n) is 2.44. The van der Waals surface area contributed by atoms with Gasteiger partial charge in [-0.3, -0.25) is 4.79 Å². The standard InChI is InChI=1S/C20H19ClN4O/c1-14-3-2-4-16(11-14)13-23-20(26)18-9-10-19(25-24-18)22-12-15-5-7-17(21)8-6-15/h2-11H,12-13H2,1H3,(H,22,25)(H,23,26). The van der Waals surface area contributed by atoms with Gasteiger partial charge in [0.1, 0.15) is 5.82 Å². The molecule has 132 valence electrons. The van der Waals surface area contributed by atoms with Gasteiger partial charge < -0.3 is 10.6 Å². The summed E-state index contributed by atoms with van der Waals surface area (Å²) in [4.78, 5) is 12.2. The molecule has 0 aliphatic carbocycles. The SMILES string of the molecule is Cc1cccc(CNC(=O)c2ccc(NCc3ccc(Cl)cc3)nn2)c1. The molecular weight excluding hydrogens is 348 g/mol.